The maximum Gasteiger partial charge on any atom is 0.416 e. The summed E-state index contributed by atoms with van der Waals surface area (Å²) in [5.41, 5.74) is 0.479. The molecule has 1 fully saturated rings. The minimum Gasteiger partial charge on any atom is -0.369 e. The first-order chi connectivity index (χ1) is 9.47. The number of benzene rings is 1. The monoisotopic (exact) mass is 349 g/mol. The molecule has 1 aliphatic heterocycles. The molecule has 0 spiro atoms. The van der Waals surface area contributed by atoms with E-state index in [2.05, 4.69) is 27.8 Å². The van der Waals surface area contributed by atoms with E-state index in [0.29, 0.717) is 17.3 Å². The molecule has 1 saturated heterocycles. The van der Waals surface area contributed by atoms with E-state index >= 15 is 0 Å². The third-order valence-electron chi connectivity index (χ3n) is 3.97. The summed E-state index contributed by atoms with van der Waals surface area (Å²) < 4.78 is 39.4. The van der Waals surface area contributed by atoms with Crippen LogP contribution in [0.3, 0.4) is 0 Å². The molecular formula is C15H19BrF3N. The SMILES string of the molecule is CCC1CCCCN1c1ccc(CBr)c(C(F)(F)F)c1. The van der Waals surface area contributed by atoms with Gasteiger partial charge < -0.3 is 4.90 Å². The number of hydrogen-bond acceptors (Lipinski definition) is 1. The molecule has 0 aliphatic carbocycles. The molecule has 112 valence electrons. The fourth-order valence-corrected chi connectivity index (χ4v) is 3.38. The van der Waals surface area contributed by atoms with Crippen LogP contribution in [0.15, 0.2) is 18.2 Å². The fourth-order valence-electron chi connectivity index (χ4n) is 2.89. The van der Waals surface area contributed by atoms with Gasteiger partial charge in [-0.3, -0.25) is 0 Å². The highest BCUT2D eigenvalue weighted by atomic mass is 79.9. The summed E-state index contributed by atoms with van der Waals surface area (Å²) in [7, 11) is 0. The van der Waals surface area contributed by atoms with Crippen LogP contribution in [0.1, 0.15) is 43.7 Å². The molecule has 0 radical (unpaired) electrons. The van der Waals surface area contributed by atoms with Crippen molar-refractivity contribution < 1.29 is 13.2 Å². The molecule has 1 nitrogen and oxygen atoms in total. The molecule has 1 unspecified atom stereocenters. The molecule has 0 saturated carbocycles. The molecule has 20 heavy (non-hydrogen) atoms. The molecule has 1 heterocycles. The minimum absolute atomic E-state index is 0.222. The van der Waals surface area contributed by atoms with Crippen LogP contribution in [0.2, 0.25) is 0 Å². The van der Waals surface area contributed by atoms with Gasteiger partial charge in [0.25, 0.3) is 0 Å². The van der Waals surface area contributed by atoms with E-state index in [0.717, 1.165) is 25.8 Å². The van der Waals surface area contributed by atoms with E-state index in [-0.39, 0.29) is 5.33 Å². The van der Waals surface area contributed by atoms with Crippen LogP contribution < -0.4 is 4.90 Å². The maximum absolute atomic E-state index is 13.1. The summed E-state index contributed by atoms with van der Waals surface area (Å²) in [6.07, 6.45) is -0.0329. The van der Waals surface area contributed by atoms with Crippen LogP contribution in [0.4, 0.5) is 18.9 Å². The average molecular weight is 350 g/mol. The second-order valence-corrected chi connectivity index (χ2v) is 5.78. The van der Waals surface area contributed by atoms with E-state index < -0.39 is 11.7 Å². The van der Waals surface area contributed by atoms with Gasteiger partial charge in [-0.25, -0.2) is 0 Å². The van der Waals surface area contributed by atoms with E-state index in [1.165, 1.54) is 12.5 Å². The standard InChI is InChI=1S/C15H19BrF3N/c1-2-12-5-3-4-8-20(12)13-7-6-11(10-16)14(9-13)15(17,18)19/h6-7,9,12H,2-5,8,10H2,1H3. The summed E-state index contributed by atoms with van der Waals surface area (Å²) >= 11 is 3.13. The van der Waals surface area contributed by atoms with Crippen LogP contribution in [-0.2, 0) is 11.5 Å². The Morgan fingerprint density at radius 3 is 2.65 bits per heavy atom. The normalized spacial score (nSPS) is 20.2. The lowest BCUT2D eigenvalue weighted by molar-refractivity contribution is -0.138. The molecule has 0 bridgehead atoms. The lowest BCUT2D eigenvalue weighted by Gasteiger charge is -2.37. The molecule has 5 heteroatoms. The Bertz CT molecular complexity index is 459. The van der Waals surface area contributed by atoms with Crippen molar-refractivity contribution in [3.63, 3.8) is 0 Å². The average Bonchev–Trinajstić information content (AvgIpc) is 2.45. The van der Waals surface area contributed by atoms with Crippen molar-refractivity contribution in [2.75, 3.05) is 11.4 Å². The van der Waals surface area contributed by atoms with Gasteiger partial charge in [0.1, 0.15) is 0 Å². The van der Waals surface area contributed by atoms with E-state index in [1.54, 1.807) is 6.07 Å². The molecule has 1 aliphatic rings. The highest BCUT2D eigenvalue weighted by Crippen LogP contribution is 2.37. The van der Waals surface area contributed by atoms with E-state index in [1.807, 2.05) is 6.07 Å². The molecular weight excluding hydrogens is 331 g/mol. The highest BCUT2D eigenvalue weighted by molar-refractivity contribution is 9.08. The zero-order valence-corrected chi connectivity index (χ0v) is 13.1. The third-order valence-corrected chi connectivity index (χ3v) is 4.58. The number of anilines is 1. The molecule has 2 rings (SSSR count). The Morgan fingerprint density at radius 1 is 1.30 bits per heavy atom. The Hall–Kier alpha value is -0.710. The zero-order valence-electron chi connectivity index (χ0n) is 11.5. The Balaban J connectivity index is 2.37. The van der Waals surface area contributed by atoms with Gasteiger partial charge >= 0.3 is 6.18 Å². The smallest absolute Gasteiger partial charge is 0.369 e. The predicted octanol–water partition coefficient (Wildman–Crippen LogP) is 5.37. The van der Waals surface area contributed by atoms with Crippen molar-refractivity contribution in [1.82, 2.24) is 0 Å². The predicted molar refractivity (Wildman–Crippen MR) is 79.4 cm³/mol. The van der Waals surface area contributed by atoms with Gasteiger partial charge in [-0.05, 0) is 43.4 Å². The molecule has 1 atom stereocenters. The number of piperidine rings is 1. The number of halogens is 4. The Kier molecular flexibility index (Phi) is 4.99. The van der Waals surface area contributed by atoms with Crippen LogP contribution in [0, 0.1) is 0 Å². The maximum atomic E-state index is 13.1. The van der Waals surface area contributed by atoms with Gasteiger partial charge in [0.05, 0.1) is 5.56 Å². The Morgan fingerprint density at radius 2 is 2.05 bits per heavy atom. The fraction of sp³-hybridized carbons (Fsp3) is 0.600. The number of hydrogen-bond donors (Lipinski definition) is 0. The summed E-state index contributed by atoms with van der Waals surface area (Å²) in [4.78, 5) is 2.14. The van der Waals surface area contributed by atoms with Crippen molar-refractivity contribution in [2.45, 2.75) is 50.2 Å². The lowest BCUT2D eigenvalue weighted by atomic mass is 9.98. The van der Waals surface area contributed by atoms with Gasteiger partial charge in [0.15, 0.2) is 0 Å². The summed E-state index contributed by atoms with van der Waals surface area (Å²) in [6.45, 7) is 2.95. The summed E-state index contributed by atoms with van der Waals surface area (Å²) in [6, 6.07) is 5.08. The van der Waals surface area contributed by atoms with Crippen LogP contribution in [0.5, 0.6) is 0 Å². The largest absolute Gasteiger partial charge is 0.416 e. The summed E-state index contributed by atoms with van der Waals surface area (Å²) in [5, 5.41) is 0.222. The molecule has 0 aromatic heterocycles. The van der Waals surface area contributed by atoms with E-state index in [9.17, 15) is 13.2 Å². The highest BCUT2D eigenvalue weighted by Gasteiger charge is 2.34. The first kappa shape index (κ1) is 15.7. The molecule has 0 amide bonds. The van der Waals surface area contributed by atoms with Crippen LogP contribution in [-0.4, -0.2) is 12.6 Å². The number of nitrogens with zero attached hydrogens (tertiary/aromatic N) is 1. The molecule has 1 aromatic rings. The first-order valence-electron chi connectivity index (χ1n) is 7.00. The van der Waals surface area contributed by atoms with Gasteiger partial charge in [0.2, 0.25) is 0 Å². The van der Waals surface area contributed by atoms with Gasteiger partial charge in [-0.2, -0.15) is 13.2 Å². The van der Waals surface area contributed by atoms with Crippen LogP contribution in [0.25, 0.3) is 0 Å². The topological polar surface area (TPSA) is 3.24 Å². The van der Waals surface area contributed by atoms with E-state index in [4.69, 9.17) is 0 Å². The summed E-state index contributed by atoms with van der Waals surface area (Å²) in [5.74, 6) is 0. The minimum atomic E-state index is -4.30. The van der Waals surface area contributed by atoms with Gasteiger partial charge in [0, 0.05) is 23.6 Å². The van der Waals surface area contributed by atoms with Crippen molar-refractivity contribution in [1.29, 1.82) is 0 Å². The zero-order chi connectivity index (χ0) is 14.8. The van der Waals surface area contributed by atoms with Gasteiger partial charge in [-0.1, -0.05) is 28.9 Å². The molecule has 1 aromatic carbocycles. The lowest BCUT2D eigenvalue weighted by Crippen LogP contribution is -2.39. The second-order valence-electron chi connectivity index (χ2n) is 5.22. The van der Waals surface area contributed by atoms with Gasteiger partial charge in [-0.15, -0.1) is 0 Å². The first-order valence-corrected chi connectivity index (χ1v) is 8.12. The third kappa shape index (κ3) is 3.30. The van der Waals surface area contributed by atoms with Crippen molar-refractivity contribution in [3.05, 3.63) is 29.3 Å². The Labute approximate surface area is 126 Å². The number of rotatable bonds is 3. The molecule has 0 N–H and O–H groups in total. The number of alkyl halides is 4. The van der Waals surface area contributed by atoms with Crippen molar-refractivity contribution in [2.24, 2.45) is 0 Å². The second kappa shape index (κ2) is 6.37. The quantitative estimate of drug-likeness (QED) is 0.663. The van der Waals surface area contributed by atoms with Crippen LogP contribution >= 0.6 is 15.9 Å². The van der Waals surface area contributed by atoms with Crippen molar-refractivity contribution >= 4 is 21.6 Å². The van der Waals surface area contributed by atoms with Crippen molar-refractivity contribution in [3.8, 4) is 0 Å².